The lowest BCUT2D eigenvalue weighted by Crippen LogP contribution is -2.36. The van der Waals surface area contributed by atoms with Gasteiger partial charge in [0.1, 0.15) is 0 Å². The molecule has 0 aliphatic heterocycles. The average molecular weight is 423 g/mol. The minimum atomic E-state index is -4.50. The van der Waals surface area contributed by atoms with Gasteiger partial charge in [0.05, 0.1) is 10.5 Å². The zero-order valence-corrected chi connectivity index (χ0v) is 16.6. The quantitative estimate of drug-likeness (QED) is 0.680. The van der Waals surface area contributed by atoms with Crippen LogP contribution in [0.1, 0.15) is 11.1 Å². The summed E-state index contributed by atoms with van der Waals surface area (Å²) in [5, 5.41) is 0. The Morgan fingerprint density at radius 1 is 0.889 bits per heavy atom. The molecule has 0 heterocycles. The third-order valence-electron chi connectivity index (χ3n) is 3.82. The number of rotatable bonds is 7. The van der Waals surface area contributed by atoms with Gasteiger partial charge in [0.2, 0.25) is 10.0 Å². The first-order valence-electron chi connectivity index (χ1n) is 7.97. The second-order valence-corrected chi connectivity index (χ2v) is 8.09. The first-order valence-corrected chi connectivity index (χ1v) is 9.41. The summed E-state index contributed by atoms with van der Waals surface area (Å²) < 4.78 is 65.3. The van der Waals surface area contributed by atoms with Crippen molar-refractivity contribution in [3.05, 3.63) is 65.7 Å². The summed E-state index contributed by atoms with van der Waals surface area (Å²) in [6.07, 6.45) is -4.50. The number of benzene rings is 2. The van der Waals surface area contributed by atoms with E-state index in [4.69, 9.17) is 0 Å². The van der Waals surface area contributed by atoms with E-state index in [-0.39, 0.29) is 30.4 Å². The Morgan fingerprint density at radius 2 is 1.44 bits per heavy atom. The molecular weight excluding hydrogens is 401 g/mol. The molecule has 9 heteroatoms. The predicted octanol–water partition coefficient (Wildman–Crippen LogP) is 3.88. The number of hydrogen-bond donors (Lipinski definition) is 0. The molecule has 0 fully saturated rings. The molecule has 0 unspecified atom stereocenters. The second kappa shape index (κ2) is 9.54. The molecule has 0 aliphatic rings. The van der Waals surface area contributed by atoms with Crippen LogP contribution in [0.4, 0.5) is 13.2 Å². The van der Waals surface area contributed by atoms with Crippen molar-refractivity contribution < 1.29 is 21.6 Å². The fraction of sp³-hybridized carbons (Fsp3) is 0.333. The molecule has 0 bridgehead atoms. The summed E-state index contributed by atoms with van der Waals surface area (Å²) in [6.45, 7) is 0.871. The maximum absolute atomic E-state index is 12.9. The summed E-state index contributed by atoms with van der Waals surface area (Å²) in [6, 6.07) is 12.7. The van der Waals surface area contributed by atoms with E-state index in [1.54, 1.807) is 0 Å². The van der Waals surface area contributed by atoms with Gasteiger partial charge < -0.3 is 4.90 Å². The Kier molecular flexibility index (Phi) is 8.28. The van der Waals surface area contributed by atoms with Crippen LogP contribution in [0.15, 0.2) is 59.5 Å². The van der Waals surface area contributed by atoms with Gasteiger partial charge in [0.15, 0.2) is 0 Å². The van der Waals surface area contributed by atoms with E-state index in [1.807, 2.05) is 49.3 Å². The highest BCUT2D eigenvalue weighted by Crippen LogP contribution is 2.30. The predicted molar refractivity (Wildman–Crippen MR) is 101 cm³/mol. The molecule has 0 atom stereocenters. The number of halogens is 4. The van der Waals surface area contributed by atoms with Gasteiger partial charge in [-0.3, -0.25) is 0 Å². The SMILES string of the molecule is CN(C)CCN(Cc1ccccc1)S(=O)(=O)c1ccc(C(F)(F)F)cc1.Cl. The molecular formula is C18H22ClF3N2O2S. The van der Waals surface area contributed by atoms with Crippen molar-refractivity contribution in [2.24, 2.45) is 0 Å². The highest BCUT2D eigenvalue weighted by molar-refractivity contribution is 7.89. The third kappa shape index (κ3) is 6.49. The number of hydrogen-bond acceptors (Lipinski definition) is 3. The Labute approximate surface area is 164 Å². The lowest BCUT2D eigenvalue weighted by atomic mass is 10.2. The first-order chi connectivity index (χ1) is 12.1. The summed E-state index contributed by atoms with van der Waals surface area (Å²) in [5.74, 6) is 0. The van der Waals surface area contributed by atoms with Gasteiger partial charge in [-0.1, -0.05) is 30.3 Å². The van der Waals surface area contributed by atoms with E-state index in [2.05, 4.69) is 0 Å². The molecule has 0 radical (unpaired) electrons. The summed E-state index contributed by atoms with van der Waals surface area (Å²) in [5.41, 5.74) is -0.0684. The minimum Gasteiger partial charge on any atom is -0.308 e. The van der Waals surface area contributed by atoms with Gasteiger partial charge in [-0.2, -0.15) is 17.5 Å². The van der Waals surface area contributed by atoms with Gasteiger partial charge in [-0.05, 0) is 43.9 Å². The maximum atomic E-state index is 12.9. The summed E-state index contributed by atoms with van der Waals surface area (Å²) in [4.78, 5) is 1.69. The van der Waals surface area contributed by atoms with E-state index in [0.29, 0.717) is 6.54 Å². The molecule has 150 valence electrons. The monoisotopic (exact) mass is 422 g/mol. The van der Waals surface area contributed by atoms with Crippen molar-refractivity contribution in [2.45, 2.75) is 17.6 Å². The Hall–Kier alpha value is -1.61. The molecule has 0 spiro atoms. The minimum absolute atomic E-state index is 0. The van der Waals surface area contributed by atoms with E-state index < -0.39 is 21.8 Å². The smallest absolute Gasteiger partial charge is 0.308 e. The van der Waals surface area contributed by atoms with Crippen LogP contribution in [0.2, 0.25) is 0 Å². The molecule has 0 saturated carbocycles. The van der Waals surface area contributed by atoms with Crippen LogP contribution in [0, 0.1) is 0 Å². The fourth-order valence-electron chi connectivity index (χ4n) is 2.35. The van der Waals surface area contributed by atoms with E-state index in [9.17, 15) is 21.6 Å². The molecule has 2 rings (SSSR count). The van der Waals surface area contributed by atoms with Crippen LogP contribution >= 0.6 is 12.4 Å². The second-order valence-electron chi connectivity index (χ2n) is 6.15. The molecule has 2 aromatic rings. The highest BCUT2D eigenvalue weighted by Gasteiger charge is 2.31. The number of nitrogens with zero attached hydrogens (tertiary/aromatic N) is 2. The molecule has 0 amide bonds. The van der Waals surface area contributed by atoms with Crippen molar-refractivity contribution >= 4 is 22.4 Å². The standard InChI is InChI=1S/C18H21F3N2O2S.ClH/c1-22(2)12-13-23(14-15-6-4-3-5-7-15)26(24,25)17-10-8-16(9-11-17)18(19,20)21;/h3-11H,12-14H2,1-2H3;1H. The van der Waals surface area contributed by atoms with E-state index >= 15 is 0 Å². The highest BCUT2D eigenvalue weighted by atomic mass is 35.5. The van der Waals surface area contributed by atoms with Gasteiger partial charge in [-0.15, -0.1) is 12.4 Å². The Morgan fingerprint density at radius 3 is 1.93 bits per heavy atom. The normalized spacial score (nSPS) is 12.3. The van der Waals surface area contributed by atoms with Crippen LogP contribution in [0.25, 0.3) is 0 Å². The molecule has 2 aromatic carbocycles. The largest absolute Gasteiger partial charge is 0.416 e. The molecule has 0 N–H and O–H groups in total. The lowest BCUT2D eigenvalue weighted by molar-refractivity contribution is -0.137. The van der Waals surface area contributed by atoms with Gasteiger partial charge >= 0.3 is 6.18 Å². The molecule has 0 aliphatic carbocycles. The summed E-state index contributed by atoms with van der Waals surface area (Å²) >= 11 is 0. The fourth-order valence-corrected chi connectivity index (χ4v) is 3.77. The third-order valence-corrected chi connectivity index (χ3v) is 5.68. The molecule has 4 nitrogen and oxygen atoms in total. The Balaban J connectivity index is 0.00000364. The average Bonchev–Trinajstić information content (AvgIpc) is 2.58. The first kappa shape index (κ1) is 23.4. The topological polar surface area (TPSA) is 40.6 Å². The van der Waals surface area contributed by atoms with Crippen LogP contribution in [-0.4, -0.2) is 44.8 Å². The van der Waals surface area contributed by atoms with Crippen LogP contribution in [-0.2, 0) is 22.7 Å². The van der Waals surface area contributed by atoms with Crippen LogP contribution < -0.4 is 0 Å². The summed E-state index contributed by atoms with van der Waals surface area (Å²) in [7, 11) is -0.268. The number of alkyl halides is 3. The van der Waals surface area contributed by atoms with Crippen molar-refractivity contribution in [2.75, 3.05) is 27.2 Å². The molecule has 27 heavy (non-hydrogen) atoms. The zero-order valence-electron chi connectivity index (χ0n) is 15.0. The molecule has 0 aromatic heterocycles. The zero-order chi connectivity index (χ0) is 19.4. The van der Waals surface area contributed by atoms with Crippen molar-refractivity contribution in [3.63, 3.8) is 0 Å². The van der Waals surface area contributed by atoms with Crippen molar-refractivity contribution in [1.82, 2.24) is 9.21 Å². The Bertz CT molecular complexity index is 811. The van der Waals surface area contributed by atoms with Crippen molar-refractivity contribution in [1.29, 1.82) is 0 Å². The molecule has 0 saturated heterocycles. The lowest BCUT2D eigenvalue weighted by Gasteiger charge is -2.24. The van der Waals surface area contributed by atoms with Gasteiger partial charge in [-0.25, -0.2) is 8.42 Å². The number of sulfonamides is 1. The van der Waals surface area contributed by atoms with Crippen LogP contribution in [0.5, 0.6) is 0 Å². The maximum Gasteiger partial charge on any atom is 0.416 e. The van der Waals surface area contributed by atoms with Gasteiger partial charge in [0.25, 0.3) is 0 Å². The van der Waals surface area contributed by atoms with E-state index in [1.165, 1.54) is 4.31 Å². The van der Waals surface area contributed by atoms with Crippen LogP contribution in [0.3, 0.4) is 0 Å². The van der Waals surface area contributed by atoms with Gasteiger partial charge in [0, 0.05) is 19.6 Å². The van der Waals surface area contributed by atoms with Crippen molar-refractivity contribution in [3.8, 4) is 0 Å². The number of likely N-dealkylation sites (N-methyl/N-ethyl adjacent to an activating group) is 1. The van der Waals surface area contributed by atoms with E-state index in [0.717, 1.165) is 29.8 Å².